The first-order chi connectivity index (χ1) is 12.1. The van der Waals surface area contributed by atoms with E-state index in [1.54, 1.807) is 24.3 Å². The molecule has 1 aliphatic rings. The van der Waals surface area contributed by atoms with Crippen LogP contribution in [0.3, 0.4) is 0 Å². The number of hydrogen-bond acceptors (Lipinski definition) is 6. The number of hydrogen-bond donors (Lipinski definition) is 2. The molecule has 1 fully saturated rings. The molecular weight excluding hydrogens is 360 g/mol. The molecule has 0 radical (unpaired) electrons. The third kappa shape index (κ3) is 6.14. The van der Waals surface area contributed by atoms with E-state index in [-0.39, 0.29) is 29.8 Å². The Morgan fingerprint density at radius 1 is 1.15 bits per heavy atom. The van der Waals surface area contributed by atoms with E-state index in [2.05, 4.69) is 10.6 Å². The van der Waals surface area contributed by atoms with Gasteiger partial charge < -0.3 is 15.4 Å². The number of nitrogens with one attached hydrogen (secondary N) is 2. The van der Waals surface area contributed by atoms with Crippen LogP contribution in [0.5, 0.6) is 0 Å². The molecule has 1 heterocycles. The fourth-order valence-corrected chi connectivity index (χ4v) is 4.51. The second-order valence-electron chi connectivity index (χ2n) is 6.35. The highest BCUT2D eigenvalue weighted by molar-refractivity contribution is 7.91. The number of amides is 2. The fourth-order valence-electron chi connectivity index (χ4n) is 2.65. The van der Waals surface area contributed by atoms with E-state index in [4.69, 9.17) is 4.74 Å². The summed E-state index contributed by atoms with van der Waals surface area (Å²) in [5.41, 5.74) is 1.09. The van der Waals surface area contributed by atoms with Crippen molar-refractivity contribution in [1.29, 1.82) is 0 Å². The summed E-state index contributed by atoms with van der Waals surface area (Å²) in [5.74, 6) is -1.44. The Morgan fingerprint density at radius 2 is 1.73 bits per heavy atom. The molecule has 1 saturated heterocycles. The Kier molecular flexibility index (Phi) is 6.36. The van der Waals surface area contributed by atoms with Gasteiger partial charge in [0.25, 0.3) is 5.91 Å². The van der Waals surface area contributed by atoms with Crippen molar-refractivity contribution < 1.29 is 27.5 Å². The molecule has 9 heteroatoms. The van der Waals surface area contributed by atoms with Gasteiger partial charge >= 0.3 is 5.97 Å². The van der Waals surface area contributed by atoms with Gasteiger partial charge in [-0.1, -0.05) is 0 Å². The molecule has 2 atom stereocenters. The Morgan fingerprint density at radius 3 is 2.23 bits per heavy atom. The number of esters is 1. The monoisotopic (exact) mass is 382 g/mol. The van der Waals surface area contributed by atoms with Gasteiger partial charge in [-0.05, 0) is 43.5 Å². The SMILES string of the molecule is CC(=O)Nc1ccc(NC(=O)[C@@H](C)OC(=O)C[C@@H]2CCS(=O)(=O)C2)cc1. The molecule has 142 valence electrons. The van der Waals surface area contributed by atoms with Crippen molar-refractivity contribution in [1.82, 2.24) is 0 Å². The van der Waals surface area contributed by atoms with Crippen LogP contribution in [0, 0.1) is 5.92 Å². The second-order valence-corrected chi connectivity index (χ2v) is 8.58. The topological polar surface area (TPSA) is 119 Å². The van der Waals surface area contributed by atoms with Crippen LogP contribution >= 0.6 is 0 Å². The summed E-state index contributed by atoms with van der Waals surface area (Å²) in [6, 6.07) is 6.49. The van der Waals surface area contributed by atoms with Crippen molar-refractivity contribution in [3.8, 4) is 0 Å². The summed E-state index contributed by atoms with van der Waals surface area (Å²) in [7, 11) is -3.05. The average molecular weight is 382 g/mol. The normalized spacial score (nSPS) is 19.4. The standard InChI is InChI=1S/C17H22N2O6S/c1-11(25-16(21)9-13-7-8-26(23,24)10-13)17(22)19-15-5-3-14(4-6-15)18-12(2)20/h3-6,11,13H,7-10H2,1-2H3,(H,18,20)(H,19,22)/t11-,13+/m1/s1. The maximum atomic E-state index is 12.1. The highest BCUT2D eigenvalue weighted by Crippen LogP contribution is 2.22. The van der Waals surface area contributed by atoms with E-state index in [0.29, 0.717) is 17.8 Å². The number of rotatable bonds is 6. The number of ether oxygens (including phenoxy) is 1. The van der Waals surface area contributed by atoms with Gasteiger partial charge in [0.1, 0.15) is 0 Å². The summed E-state index contributed by atoms with van der Waals surface area (Å²) >= 11 is 0. The summed E-state index contributed by atoms with van der Waals surface area (Å²) in [6.07, 6.45) is -0.573. The summed E-state index contributed by atoms with van der Waals surface area (Å²) in [5, 5.41) is 5.22. The maximum absolute atomic E-state index is 12.1. The number of sulfone groups is 1. The number of carbonyl (C=O) groups is 3. The highest BCUT2D eigenvalue weighted by atomic mass is 32.2. The molecule has 2 amide bonds. The van der Waals surface area contributed by atoms with Crippen molar-refractivity contribution in [3.63, 3.8) is 0 Å². The van der Waals surface area contributed by atoms with Gasteiger partial charge in [0.15, 0.2) is 15.9 Å². The third-order valence-corrected chi connectivity index (χ3v) is 5.77. The van der Waals surface area contributed by atoms with Crippen LogP contribution in [0.4, 0.5) is 11.4 Å². The van der Waals surface area contributed by atoms with Gasteiger partial charge in [-0.2, -0.15) is 0 Å². The van der Waals surface area contributed by atoms with Crippen LogP contribution in [0.2, 0.25) is 0 Å². The van der Waals surface area contributed by atoms with Crippen LogP contribution in [0.15, 0.2) is 24.3 Å². The molecule has 0 bridgehead atoms. The predicted octanol–water partition coefficient (Wildman–Crippen LogP) is 1.34. The Balaban J connectivity index is 1.81. The van der Waals surface area contributed by atoms with E-state index in [1.807, 2.05) is 0 Å². The van der Waals surface area contributed by atoms with Crippen LogP contribution in [-0.4, -0.2) is 43.8 Å². The van der Waals surface area contributed by atoms with Gasteiger partial charge in [-0.3, -0.25) is 14.4 Å². The first-order valence-corrected chi connectivity index (χ1v) is 10.0. The van der Waals surface area contributed by atoms with E-state index in [9.17, 15) is 22.8 Å². The molecule has 0 aromatic heterocycles. The molecule has 1 aromatic rings. The van der Waals surface area contributed by atoms with Gasteiger partial charge in [0.2, 0.25) is 5.91 Å². The van der Waals surface area contributed by atoms with E-state index in [1.165, 1.54) is 13.8 Å². The molecule has 1 aliphatic heterocycles. The van der Waals surface area contributed by atoms with Crippen molar-refractivity contribution >= 4 is 39.0 Å². The zero-order chi connectivity index (χ0) is 19.3. The molecule has 0 spiro atoms. The molecule has 2 N–H and O–H groups in total. The van der Waals surface area contributed by atoms with Gasteiger partial charge in [0, 0.05) is 24.7 Å². The van der Waals surface area contributed by atoms with Gasteiger partial charge in [-0.15, -0.1) is 0 Å². The van der Waals surface area contributed by atoms with Gasteiger partial charge in [-0.25, -0.2) is 8.42 Å². The largest absolute Gasteiger partial charge is 0.453 e. The van der Waals surface area contributed by atoms with Crippen LogP contribution in [-0.2, 0) is 29.0 Å². The number of anilines is 2. The summed E-state index contributed by atoms with van der Waals surface area (Å²) < 4.78 is 27.9. The lowest BCUT2D eigenvalue weighted by molar-refractivity contribution is -0.153. The Labute approximate surface area is 152 Å². The zero-order valence-electron chi connectivity index (χ0n) is 14.7. The van der Waals surface area contributed by atoms with Gasteiger partial charge in [0.05, 0.1) is 11.5 Å². The molecule has 0 unspecified atom stereocenters. The first-order valence-electron chi connectivity index (χ1n) is 8.23. The van der Waals surface area contributed by atoms with Crippen molar-refractivity contribution in [2.75, 3.05) is 22.1 Å². The van der Waals surface area contributed by atoms with E-state index in [0.717, 1.165) is 0 Å². The molecule has 0 aliphatic carbocycles. The molecule has 2 rings (SSSR count). The van der Waals surface area contributed by atoms with Crippen molar-refractivity contribution in [2.45, 2.75) is 32.8 Å². The lowest BCUT2D eigenvalue weighted by atomic mass is 10.1. The lowest BCUT2D eigenvalue weighted by Gasteiger charge is -2.15. The van der Waals surface area contributed by atoms with Crippen LogP contribution in [0.1, 0.15) is 26.7 Å². The van der Waals surface area contributed by atoms with E-state index < -0.39 is 27.8 Å². The summed E-state index contributed by atoms with van der Waals surface area (Å²) in [6.45, 7) is 2.84. The molecule has 0 saturated carbocycles. The second kappa shape index (κ2) is 8.31. The first kappa shape index (κ1) is 19.9. The minimum Gasteiger partial charge on any atom is -0.453 e. The maximum Gasteiger partial charge on any atom is 0.306 e. The lowest BCUT2D eigenvalue weighted by Crippen LogP contribution is -2.30. The van der Waals surface area contributed by atoms with Crippen LogP contribution in [0.25, 0.3) is 0 Å². The Hall–Kier alpha value is -2.42. The highest BCUT2D eigenvalue weighted by Gasteiger charge is 2.30. The van der Waals surface area contributed by atoms with Crippen molar-refractivity contribution in [3.05, 3.63) is 24.3 Å². The number of carbonyl (C=O) groups excluding carboxylic acids is 3. The Bertz CT molecular complexity index is 788. The smallest absolute Gasteiger partial charge is 0.306 e. The minimum absolute atomic E-state index is 0.0106. The minimum atomic E-state index is -3.05. The third-order valence-electron chi connectivity index (χ3n) is 3.93. The summed E-state index contributed by atoms with van der Waals surface area (Å²) in [4.78, 5) is 34.9. The fraction of sp³-hybridized carbons (Fsp3) is 0.471. The van der Waals surface area contributed by atoms with Crippen molar-refractivity contribution in [2.24, 2.45) is 5.92 Å². The van der Waals surface area contributed by atoms with E-state index >= 15 is 0 Å². The van der Waals surface area contributed by atoms with Crippen LogP contribution < -0.4 is 10.6 Å². The molecule has 8 nitrogen and oxygen atoms in total. The average Bonchev–Trinajstić information content (AvgIpc) is 2.87. The zero-order valence-corrected chi connectivity index (χ0v) is 15.5. The number of benzene rings is 1. The molecular formula is C17H22N2O6S. The molecule has 1 aromatic carbocycles. The molecule has 26 heavy (non-hydrogen) atoms. The quantitative estimate of drug-likeness (QED) is 0.717. The predicted molar refractivity (Wildman–Crippen MR) is 96.3 cm³/mol.